The minimum atomic E-state index is -0.264. The lowest BCUT2D eigenvalue weighted by atomic mass is 10.1. The zero-order valence-corrected chi connectivity index (χ0v) is 12.7. The molecule has 0 aliphatic heterocycles. The second-order valence-corrected chi connectivity index (χ2v) is 6.05. The van der Waals surface area contributed by atoms with Crippen molar-refractivity contribution in [2.24, 2.45) is 0 Å². The van der Waals surface area contributed by atoms with Crippen LogP contribution in [0, 0.1) is 6.92 Å². The summed E-state index contributed by atoms with van der Waals surface area (Å²) < 4.78 is 1.94. The van der Waals surface area contributed by atoms with Gasteiger partial charge in [0.15, 0.2) is 0 Å². The third-order valence-corrected chi connectivity index (χ3v) is 4.10. The first kappa shape index (κ1) is 13.9. The van der Waals surface area contributed by atoms with Crippen LogP contribution in [0.25, 0.3) is 0 Å². The Morgan fingerprint density at radius 1 is 1.47 bits per heavy atom. The van der Waals surface area contributed by atoms with Crippen molar-refractivity contribution < 1.29 is 0 Å². The fourth-order valence-corrected chi connectivity index (χ4v) is 2.70. The highest BCUT2D eigenvalue weighted by Gasteiger charge is 2.26. The molecule has 0 saturated carbocycles. The topological polar surface area (TPSA) is 68.8 Å². The Kier molecular flexibility index (Phi) is 3.80. The molecular weight excluding hydrogens is 258 g/mol. The van der Waals surface area contributed by atoms with E-state index in [9.17, 15) is 0 Å². The second kappa shape index (κ2) is 5.21. The maximum absolute atomic E-state index is 6.13. The van der Waals surface area contributed by atoms with Gasteiger partial charge in [-0.25, -0.2) is 9.67 Å². The standard InChI is InChI=1S/C13H21N5S/c1-5-7-18-11(10(14)9(2)17-18)16-13(3,4)12-15-6-8-19-12/h6,8,16H,5,7,14H2,1-4H3. The van der Waals surface area contributed by atoms with Crippen molar-refractivity contribution in [3.05, 3.63) is 22.3 Å². The molecule has 3 N–H and O–H groups in total. The van der Waals surface area contributed by atoms with Crippen LogP contribution in [0.4, 0.5) is 11.5 Å². The van der Waals surface area contributed by atoms with Gasteiger partial charge in [0.25, 0.3) is 0 Å². The van der Waals surface area contributed by atoms with Crippen LogP contribution in [-0.2, 0) is 12.1 Å². The Morgan fingerprint density at radius 2 is 2.21 bits per heavy atom. The first-order valence-electron chi connectivity index (χ1n) is 6.46. The van der Waals surface area contributed by atoms with E-state index in [1.54, 1.807) is 11.3 Å². The van der Waals surface area contributed by atoms with E-state index in [1.807, 2.05) is 23.2 Å². The number of thiazole rings is 1. The van der Waals surface area contributed by atoms with Crippen molar-refractivity contribution in [1.82, 2.24) is 14.8 Å². The number of hydrogen-bond acceptors (Lipinski definition) is 5. The number of rotatable bonds is 5. The maximum atomic E-state index is 6.13. The maximum Gasteiger partial charge on any atom is 0.148 e. The predicted molar refractivity (Wildman–Crippen MR) is 80.4 cm³/mol. The number of nitrogen functional groups attached to an aromatic ring is 1. The molecule has 0 spiro atoms. The molecule has 6 heteroatoms. The van der Waals surface area contributed by atoms with Gasteiger partial charge in [0, 0.05) is 18.1 Å². The molecule has 5 nitrogen and oxygen atoms in total. The summed E-state index contributed by atoms with van der Waals surface area (Å²) in [5, 5.41) is 11.0. The molecule has 2 rings (SSSR count). The SMILES string of the molecule is CCCn1nc(C)c(N)c1NC(C)(C)c1nccs1. The average molecular weight is 279 g/mol. The summed E-state index contributed by atoms with van der Waals surface area (Å²) in [5.74, 6) is 0.888. The first-order valence-corrected chi connectivity index (χ1v) is 7.34. The van der Waals surface area contributed by atoms with Gasteiger partial charge in [-0.15, -0.1) is 11.3 Å². The fourth-order valence-electron chi connectivity index (χ4n) is 1.98. The highest BCUT2D eigenvalue weighted by Crippen LogP contribution is 2.31. The van der Waals surface area contributed by atoms with Crippen LogP contribution in [0.5, 0.6) is 0 Å². The van der Waals surface area contributed by atoms with Gasteiger partial charge in [-0.3, -0.25) is 0 Å². The van der Waals surface area contributed by atoms with Crippen molar-refractivity contribution in [2.75, 3.05) is 11.1 Å². The van der Waals surface area contributed by atoms with Crippen LogP contribution in [-0.4, -0.2) is 14.8 Å². The van der Waals surface area contributed by atoms with Crippen LogP contribution in [0.1, 0.15) is 37.9 Å². The van der Waals surface area contributed by atoms with Crippen molar-refractivity contribution in [3.63, 3.8) is 0 Å². The molecule has 0 fully saturated rings. The number of aryl methyl sites for hydroxylation is 2. The van der Waals surface area contributed by atoms with Gasteiger partial charge >= 0.3 is 0 Å². The minimum Gasteiger partial charge on any atom is -0.394 e. The van der Waals surface area contributed by atoms with Gasteiger partial charge in [0.1, 0.15) is 10.8 Å². The van der Waals surface area contributed by atoms with Gasteiger partial charge in [-0.1, -0.05) is 6.92 Å². The summed E-state index contributed by atoms with van der Waals surface area (Å²) in [4.78, 5) is 4.38. The van der Waals surface area contributed by atoms with Gasteiger partial charge in [-0.2, -0.15) is 5.10 Å². The van der Waals surface area contributed by atoms with E-state index in [1.165, 1.54) is 0 Å². The van der Waals surface area contributed by atoms with E-state index in [2.05, 4.69) is 36.2 Å². The third-order valence-electron chi connectivity index (χ3n) is 3.01. The molecule has 104 valence electrons. The summed E-state index contributed by atoms with van der Waals surface area (Å²) in [5.41, 5.74) is 7.45. The van der Waals surface area contributed by atoms with E-state index < -0.39 is 0 Å². The van der Waals surface area contributed by atoms with Gasteiger partial charge < -0.3 is 11.1 Å². The fraction of sp³-hybridized carbons (Fsp3) is 0.538. The summed E-state index contributed by atoms with van der Waals surface area (Å²) in [6.07, 6.45) is 2.84. The minimum absolute atomic E-state index is 0.264. The smallest absolute Gasteiger partial charge is 0.148 e. The highest BCUT2D eigenvalue weighted by atomic mass is 32.1. The van der Waals surface area contributed by atoms with E-state index in [0.29, 0.717) is 0 Å². The molecule has 2 aromatic heterocycles. The highest BCUT2D eigenvalue weighted by molar-refractivity contribution is 7.09. The van der Waals surface area contributed by atoms with E-state index in [-0.39, 0.29) is 5.54 Å². The Hall–Kier alpha value is -1.56. The summed E-state index contributed by atoms with van der Waals surface area (Å²) in [7, 11) is 0. The lowest BCUT2D eigenvalue weighted by Crippen LogP contribution is -2.29. The molecule has 2 heterocycles. The summed E-state index contributed by atoms with van der Waals surface area (Å²) >= 11 is 1.64. The number of anilines is 2. The van der Waals surface area contributed by atoms with E-state index >= 15 is 0 Å². The summed E-state index contributed by atoms with van der Waals surface area (Å²) in [6, 6.07) is 0. The molecule has 19 heavy (non-hydrogen) atoms. The van der Waals surface area contributed by atoms with Crippen LogP contribution in [0.15, 0.2) is 11.6 Å². The molecular formula is C13H21N5S. The Bertz CT molecular complexity index is 542. The van der Waals surface area contributed by atoms with Crippen molar-refractivity contribution in [3.8, 4) is 0 Å². The number of nitrogens with two attached hydrogens (primary N) is 1. The molecule has 0 aliphatic carbocycles. The molecule has 0 saturated heterocycles. The zero-order chi connectivity index (χ0) is 14.0. The molecule has 0 aromatic carbocycles. The number of nitrogens with zero attached hydrogens (tertiary/aromatic N) is 3. The lowest BCUT2D eigenvalue weighted by molar-refractivity contribution is 0.560. The largest absolute Gasteiger partial charge is 0.394 e. The average Bonchev–Trinajstić information content (AvgIpc) is 2.95. The molecule has 2 aromatic rings. The monoisotopic (exact) mass is 279 g/mol. The zero-order valence-electron chi connectivity index (χ0n) is 11.9. The third kappa shape index (κ3) is 2.73. The van der Waals surface area contributed by atoms with Crippen LogP contribution < -0.4 is 11.1 Å². The van der Waals surface area contributed by atoms with E-state index in [0.717, 1.165) is 35.2 Å². The molecule has 0 aliphatic rings. The van der Waals surface area contributed by atoms with Crippen LogP contribution >= 0.6 is 11.3 Å². The van der Waals surface area contributed by atoms with Crippen molar-refractivity contribution in [1.29, 1.82) is 0 Å². The number of hydrogen-bond donors (Lipinski definition) is 2. The van der Waals surface area contributed by atoms with Crippen molar-refractivity contribution in [2.45, 2.75) is 46.2 Å². The van der Waals surface area contributed by atoms with Gasteiger partial charge in [-0.05, 0) is 27.2 Å². The Balaban J connectivity index is 2.32. The molecule has 0 bridgehead atoms. The Labute approximate surface area is 117 Å². The second-order valence-electron chi connectivity index (χ2n) is 5.16. The quantitative estimate of drug-likeness (QED) is 0.883. The number of nitrogens with one attached hydrogen (secondary N) is 1. The van der Waals surface area contributed by atoms with Crippen molar-refractivity contribution >= 4 is 22.8 Å². The van der Waals surface area contributed by atoms with Crippen LogP contribution in [0.2, 0.25) is 0 Å². The molecule has 0 atom stereocenters. The molecule has 0 unspecified atom stereocenters. The summed E-state index contributed by atoms with van der Waals surface area (Å²) in [6.45, 7) is 9.12. The van der Waals surface area contributed by atoms with E-state index in [4.69, 9.17) is 5.73 Å². The predicted octanol–water partition coefficient (Wildman–Crippen LogP) is 2.99. The molecule has 0 radical (unpaired) electrons. The molecule has 0 amide bonds. The van der Waals surface area contributed by atoms with Crippen LogP contribution in [0.3, 0.4) is 0 Å². The number of aromatic nitrogens is 3. The lowest BCUT2D eigenvalue weighted by Gasteiger charge is -2.25. The normalized spacial score (nSPS) is 11.8. The van der Waals surface area contributed by atoms with Gasteiger partial charge in [0.2, 0.25) is 0 Å². The van der Waals surface area contributed by atoms with Gasteiger partial charge in [0.05, 0.1) is 16.9 Å². The first-order chi connectivity index (χ1) is 8.95. The Morgan fingerprint density at radius 3 is 2.79 bits per heavy atom.